The number of urea groups is 1. The Morgan fingerprint density at radius 3 is 2.92 bits per heavy atom. The van der Waals surface area contributed by atoms with Gasteiger partial charge in [-0.3, -0.25) is 0 Å². The monoisotopic (exact) mass is 336 g/mol. The molecular weight excluding hydrogens is 308 g/mol. The third kappa shape index (κ3) is 3.05. The summed E-state index contributed by atoms with van der Waals surface area (Å²) in [7, 11) is 1.62. The number of carbonyl (C=O) groups excluding carboxylic acids is 1. The molecule has 1 saturated carbocycles. The molecule has 6 heteroatoms. The smallest absolute Gasteiger partial charge is 0.315 e. The van der Waals surface area contributed by atoms with Crippen LogP contribution in [0.15, 0.2) is 16.5 Å². The summed E-state index contributed by atoms with van der Waals surface area (Å²) < 4.78 is 16.8. The van der Waals surface area contributed by atoms with Crippen molar-refractivity contribution in [2.24, 2.45) is 11.3 Å². The van der Waals surface area contributed by atoms with Crippen molar-refractivity contribution in [2.75, 3.05) is 20.3 Å². The van der Waals surface area contributed by atoms with Crippen LogP contribution in [-0.2, 0) is 15.9 Å². The molecule has 2 amide bonds. The van der Waals surface area contributed by atoms with Gasteiger partial charge in [0.2, 0.25) is 0 Å². The molecule has 1 aromatic rings. The Balaban J connectivity index is 1.61. The highest BCUT2D eigenvalue weighted by Gasteiger charge is 2.59. The zero-order valence-electron chi connectivity index (χ0n) is 14.9. The van der Waals surface area contributed by atoms with Gasteiger partial charge in [0.1, 0.15) is 17.6 Å². The van der Waals surface area contributed by atoms with Gasteiger partial charge in [-0.15, -0.1) is 0 Å². The Morgan fingerprint density at radius 1 is 1.46 bits per heavy atom. The zero-order chi connectivity index (χ0) is 17.3. The highest BCUT2D eigenvalue weighted by Crippen LogP contribution is 2.52. The maximum Gasteiger partial charge on any atom is 0.315 e. The van der Waals surface area contributed by atoms with E-state index in [1.165, 1.54) is 0 Å². The van der Waals surface area contributed by atoms with E-state index in [0.717, 1.165) is 31.0 Å². The van der Waals surface area contributed by atoms with Gasteiger partial charge in [0, 0.05) is 37.5 Å². The van der Waals surface area contributed by atoms with Crippen LogP contribution in [0.4, 0.5) is 4.79 Å². The molecule has 3 rings (SSSR count). The van der Waals surface area contributed by atoms with E-state index in [9.17, 15) is 4.79 Å². The minimum absolute atomic E-state index is 0.0324. The predicted molar refractivity (Wildman–Crippen MR) is 89.8 cm³/mol. The molecule has 2 heterocycles. The van der Waals surface area contributed by atoms with Gasteiger partial charge in [0.05, 0.1) is 12.7 Å². The number of amides is 2. The maximum absolute atomic E-state index is 12.5. The lowest BCUT2D eigenvalue weighted by molar-refractivity contribution is -0.108. The van der Waals surface area contributed by atoms with Crippen LogP contribution in [-0.4, -0.2) is 38.5 Å². The SMILES string of the molecule is CCc1ccc([C@H](COC)NC(=O)N[C@@H]2[C@@H]3CCO[C@H]3C2(C)C)o1. The number of aryl methyl sites for hydroxylation is 1. The standard InChI is InChI=1S/C18H28N2O4/c1-5-11-6-7-14(24-11)13(10-22-4)19-17(21)20-15-12-8-9-23-16(12)18(15,2)3/h6-7,12-13,15-16H,5,8-10H2,1-4H3,(H2,19,20,21)/t12-,13-,15+,16+/m0/s1. The molecule has 0 spiro atoms. The summed E-state index contributed by atoms with van der Waals surface area (Å²) in [6.07, 6.45) is 2.10. The van der Waals surface area contributed by atoms with Gasteiger partial charge in [-0.05, 0) is 18.6 Å². The number of ether oxygens (including phenoxy) is 2. The summed E-state index contributed by atoms with van der Waals surface area (Å²) in [5.74, 6) is 2.04. The van der Waals surface area contributed by atoms with Gasteiger partial charge in [-0.1, -0.05) is 20.8 Å². The number of carbonyl (C=O) groups is 1. The number of methoxy groups -OCH3 is 1. The minimum atomic E-state index is -0.297. The van der Waals surface area contributed by atoms with Crippen LogP contribution < -0.4 is 10.6 Å². The Morgan fingerprint density at radius 2 is 2.25 bits per heavy atom. The number of hydrogen-bond acceptors (Lipinski definition) is 4. The number of fused-ring (bicyclic) bond motifs is 1. The molecule has 1 aliphatic carbocycles. The van der Waals surface area contributed by atoms with Crippen molar-refractivity contribution in [3.63, 3.8) is 0 Å². The molecule has 24 heavy (non-hydrogen) atoms. The quantitative estimate of drug-likeness (QED) is 0.838. The van der Waals surface area contributed by atoms with Crippen molar-refractivity contribution in [3.8, 4) is 0 Å². The van der Waals surface area contributed by atoms with Gasteiger partial charge >= 0.3 is 6.03 Å². The van der Waals surface area contributed by atoms with Crippen LogP contribution in [0.2, 0.25) is 0 Å². The molecule has 6 nitrogen and oxygen atoms in total. The van der Waals surface area contributed by atoms with E-state index in [1.807, 2.05) is 19.1 Å². The molecular formula is C18H28N2O4. The topological polar surface area (TPSA) is 72.7 Å². The van der Waals surface area contributed by atoms with Crippen molar-refractivity contribution in [1.82, 2.24) is 10.6 Å². The number of furan rings is 1. The predicted octanol–water partition coefficient (Wildman–Crippen LogP) is 2.64. The van der Waals surface area contributed by atoms with E-state index < -0.39 is 0 Å². The van der Waals surface area contributed by atoms with Gasteiger partial charge < -0.3 is 24.5 Å². The Kier molecular flexibility index (Phi) is 4.88. The molecule has 1 aliphatic heterocycles. The lowest BCUT2D eigenvalue weighted by atomic mass is 9.57. The van der Waals surface area contributed by atoms with Gasteiger partial charge in [-0.2, -0.15) is 0 Å². The van der Waals surface area contributed by atoms with Gasteiger partial charge in [0.15, 0.2) is 0 Å². The van der Waals surface area contributed by atoms with Crippen molar-refractivity contribution < 1.29 is 18.7 Å². The maximum atomic E-state index is 12.5. The summed E-state index contributed by atoms with van der Waals surface area (Å²) in [5.41, 5.74) is -0.0324. The largest absolute Gasteiger partial charge is 0.464 e. The molecule has 4 atom stereocenters. The molecule has 0 bridgehead atoms. The third-order valence-electron chi connectivity index (χ3n) is 5.40. The van der Waals surface area contributed by atoms with E-state index in [-0.39, 0.29) is 29.6 Å². The number of hydrogen-bond donors (Lipinski definition) is 2. The molecule has 2 N–H and O–H groups in total. The van der Waals surface area contributed by atoms with Crippen LogP contribution in [0.25, 0.3) is 0 Å². The summed E-state index contributed by atoms with van der Waals surface area (Å²) in [6, 6.07) is 3.49. The van der Waals surface area contributed by atoms with E-state index in [2.05, 4.69) is 24.5 Å². The highest BCUT2D eigenvalue weighted by atomic mass is 16.5. The molecule has 1 saturated heterocycles. The average molecular weight is 336 g/mol. The van der Waals surface area contributed by atoms with Gasteiger partial charge in [-0.25, -0.2) is 4.79 Å². The van der Waals surface area contributed by atoms with Gasteiger partial charge in [0.25, 0.3) is 0 Å². The third-order valence-corrected chi connectivity index (χ3v) is 5.40. The second-order valence-electron chi connectivity index (χ2n) is 7.33. The van der Waals surface area contributed by atoms with Crippen LogP contribution in [0.5, 0.6) is 0 Å². The number of rotatable bonds is 6. The molecule has 2 aliphatic rings. The van der Waals surface area contributed by atoms with E-state index in [1.54, 1.807) is 7.11 Å². The fourth-order valence-electron chi connectivity index (χ4n) is 4.09. The Labute approximate surface area is 143 Å². The van der Waals surface area contributed by atoms with Crippen LogP contribution in [0.3, 0.4) is 0 Å². The van der Waals surface area contributed by atoms with Crippen LogP contribution in [0, 0.1) is 11.3 Å². The summed E-state index contributed by atoms with van der Waals surface area (Å²) in [5, 5.41) is 6.11. The molecule has 0 aromatic carbocycles. The van der Waals surface area contributed by atoms with E-state index in [4.69, 9.17) is 13.9 Å². The first-order valence-corrected chi connectivity index (χ1v) is 8.73. The van der Waals surface area contributed by atoms with E-state index in [0.29, 0.717) is 12.5 Å². The van der Waals surface area contributed by atoms with Crippen molar-refractivity contribution in [2.45, 2.75) is 51.8 Å². The normalized spacial score (nSPS) is 28.8. The Bertz CT molecular complexity index is 583. The molecule has 0 unspecified atom stereocenters. The summed E-state index contributed by atoms with van der Waals surface area (Å²) in [4.78, 5) is 12.5. The summed E-state index contributed by atoms with van der Waals surface area (Å²) in [6.45, 7) is 7.49. The summed E-state index contributed by atoms with van der Waals surface area (Å²) >= 11 is 0. The number of nitrogens with one attached hydrogen (secondary N) is 2. The molecule has 0 radical (unpaired) electrons. The zero-order valence-corrected chi connectivity index (χ0v) is 14.9. The highest BCUT2D eigenvalue weighted by molar-refractivity contribution is 5.75. The lowest BCUT2D eigenvalue weighted by Crippen LogP contribution is -2.67. The van der Waals surface area contributed by atoms with E-state index >= 15 is 0 Å². The second-order valence-corrected chi connectivity index (χ2v) is 7.33. The van der Waals surface area contributed by atoms with Crippen molar-refractivity contribution >= 4 is 6.03 Å². The fraction of sp³-hybridized carbons (Fsp3) is 0.722. The Hall–Kier alpha value is -1.53. The lowest BCUT2D eigenvalue weighted by Gasteiger charge is -2.54. The second kappa shape index (κ2) is 6.76. The van der Waals surface area contributed by atoms with Crippen molar-refractivity contribution in [3.05, 3.63) is 23.7 Å². The molecule has 2 fully saturated rings. The van der Waals surface area contributed by atoms with Crippen LogP contribution >= 0.6 is 0 Å². The van der Waals surface area contributed by atoms with Crippen molar-refractivity contribution in [1.29, 1.82) is 0 Å². The molecule has 134 valence electrons. The minimum Gasteiger partial charge on any atom is -0.464 e. The fourth-order valence-corrected chi connectivity index (χ4v) is 4.09. The first kappa shape index (κ1) is 17.3. The first-order valence-electron chi connectivity index (χ1n) is 8.73. The average Bonchev–Trinajstić information content (AvgIpc) is 3.20. The molecule has 1 aromatic heterocycles. The first-order chi connectivity index (χ1) is 11.5. The van der Waals surface area contributed by atoms with Crippen LogP contribution in [0.1, 0.15) is 44.8 Å².